The van der Waals surface area contributed by atoms with Crippen LogP contribution in [0.1, 0.15) is 16.8 Å². The van der Waals surface area contributed by atoms with Crippen LogP contribution in [0.4, 0.5) is 0 Å². The topological polar surface area (TPSA) is 93.6 Å². The number of hydrogen-bond donors (Lipinski definition) is 1. The molecular weight excluding hydrogens is 330 g/mol. The normalized spacial score (nSPS) is 16.2. The monoisotopic (exact) mass is 349 g/mol. The highest BCUT2D eigenvalue weighted by molar-refractivity contribution is 5.59. The molecule has 1 N–H and O–H groups in total. The third-order valence-electron chi connectivity index (χ3n) is 4.41. The smallest absolute Gasteiger partial charge is 0.121 e. The standard InChI is InChI=1S/C18H19N7O/c1-24-10-15(8-21-24)18-17-12-26-16(11-25(17)23-22-18)9-20-7-14-4-2-3-13(5-14)6-19/h2-5,8,10,16,20H,7,9,11-12H2,1H3. The van der Waals surface area contributed by atoms with E-state index in [1.807, 2.05) is 36.1 Å². The van der Waals surface area contributed by atoms with Crippen LogP contribution in [0.2, 0.25) is 0 Å². The molecule has 2 aromatic heterocycles. The zero-order valence-corrected chi connectivity index (χ0v) is 14.5. The molecule has 1 atom stereocenters. The van der Waals surface area contributed by atoms with Crippen molar-refractivity contribution in [2.45, 2.75) is 25.8 Å². The molecule has 0 saturated carbocycles. The van der Waals surface area contributed by atoms with Gasteiger partial charge in [-0.05, 0) is 17.7 Å². The van der Waals surface area contributed by atoms with Crippen LogP contribution in [0, 0.1) is 11.3 Å². The van der Waals surface area contributed by atoms with Crippen molar-refractivity contribution in [2.75, 3.05) is 6.54 Å². The van der Waals surface area contributed by atoms with Gasteiger partial charge in [-0.3, -0.25) is 4.68 Å². The fraction of sp³-hybridized carbons (Fsp3) is 0.333. The maximum atomic E-state index is 8.96. The Morgan fingerprint density at radius 3 is 3.15 bits per heavy atom. The minimum absolute atomic E-state index is 0.0325. The third kappa shape index (κ3) is 3.35. The van der Waals surface area contributed by atoms with Crippen molar-refractivity contribution in [3.05, 3.63) is 53.5 Å². The third-order valence-corrected chi connectivity index (χ3v) is 4.41. The van der Waals surface area contributed by atoms with Gasteiger partial charge in [0.15, 0.2) is 0 Å². The molecule has 0 aliphatic carbocycles. The van der Waals surface area contributed by atoms with E-state index in [0.29, 0.717) is 31.8 Å². The molecular formula is C18H19N7O. The van der Waals surface area contributed by atoms with Gasteiger partial charge in [0, 0.05) is 31.9 Å². The minimum atomic E-state index is 0.0325. The van der Waals surface area contributed by atoms with Crippen LogP contribution in [-0.2, 0) is 31.5 Å². The largest absolute Gasteiger partial charge is 0.369 e. The molecule has 26 heavy (non-hydrogen) atoms. The van der Waals surface area contributed by atoms with Crippen molar-refractivity contribution in [2.24, 2.45) is 7.05 Å². The number of fused-ring (bicyclic) bond motifs is 1. The van der Waals surface area contributed by atoms with Gasteiger partial charge in [-0.15, -0.1) is 5.10 Å². The number of ether oxygens (including phenoxy) is 1. The van der Waals surface area contributed by atoms with Gasteiger partial charge in [0.2, 0.25) is 0 Å². The van der Waals surface area contributed by atoms with Gasteiger partial charge < -0.3 is 10.1 Å². The molecule has 0 amide bonds. The molecule has 0 spiro atoms. The maximum Gasteiger partial charge on any atom is 0.121 e. The van der Waals surface area contributed by atoms with Crippen molar-refractivity contribution in [3.63, 3.8) is 0 Å². The molecule has 8 heteroatoms. The van der Waals surface area contributed by atoms with Gasteiger partial charge in [0.1, 0.15) is 5.69 Å². The van der Waals surface area contributed by atoms with E-state index in [-0.39, 0.29) is 6.10 Å². The van der Waals surface area contributed by atoms with Crippen molar-refractivity contribution in [1.29, 1.82) is 5.26 Å². The van der Waals surface area contributed by atoms with Gasteiger partial charge >= 0.3 is 0 Å². The number of benzene rings is 1. The highest BCUT2D eigenvalue weighted by Crippen LogP contribution is 2.24. The highest BCUT2D eigenvalue weighted by Gasteiger charge is 2.24. The summed E-state index contributed by atoms with van der Waals surface area (Å²) in [6.07, 6.45) is 3.74. The van der Waals surface area contributed by atoms with Crippen LogP contribution in [0.25, 0.3) is 11.3 Å². The molecule has 0 radical (unpaired) electrons. The number of nitrogens with zero attached hydrogens (tertiary/aromatic N) is 6. The SMILES string of the molecule is Cn1cc(-c2nnn3c2COC(CNCc2cccc(C#N)c2)C3)cn1. The molecule has 3 aromatic rings. The molecule has 0 fully saturated rings. The first-order chi connectivity index (χ1) is 12.7. The number of aromatic nitrogens is 5. The second kappa shape index (κ2) is 7.07. The molecule has 1 aromatic carbocycles. The molecule has 1 unspecified atom stereocenters. The lowest BCUT2D eigenvalue weighted by Gasteiger charge is -2.24. The zero-order valence-electron chi connectivity index (χ0n) is 14.5. The van der Waals surface area contributed by atoms with Crippen LogP contribution >= 0.6 is 0 Å². The van der Waals surface area contributed by atoms with Gasteiger partial charge in [-0.1, -0.05) is 17.3 Å². The van der Waals surface area contributed by atoms with E-state index in [9.17, 15) is 0 Å². The van der Waals surface area contributed by atoms with E-state index in [2.05, 4.69) is 26.8 Å². The summed E-state index contributed by atoms with van der Waals surface area (Å²) in [4.78, 5) is 0. The van der Waals surface area contributed by atoms with Crippen molar-refractivity contribution < 1.29 is 4.74 Å². The van der Waals surface area contributed by atoms with E-state index in [0.717, 1.165) is 22.5 Å². The predicted octanol–water partition coefficient (Wildman–Crippen LogP) is 1.24. The van der Waals surface area contributed by atoms with Crippen LogP contribution < -0.4 is 5.32 Å². The van der Waals surface area contributed by atoms with E-state index in [4.69, 9.17) is 10.00 Å². The average Bonchev–Trinajstić information content (AvgIpc) is 3.27. The number of aryl methyl sites for hydroxylation is 1. The molecule has 4 rings (SSSR count). The van der Waals surface area contributed by atoms with Gasteiger partial charge in [0.25, 0.3) is 0 Å². The van der Waals surface area contributed by atoms with Crippen molar-refractivity contribution >= 4 is 0 Å². The summed E-state index contributed by atoms with van der Waals surface area (Å²) in [6.45, 7) is 2.54. The summed E-state index contributed by atoms with van der Waals surface area (Å²) < 4.78 is 9.63. The van der Waals surface area contributed by atoms with Gasteiger partial charge in [-0.25, -0.2) is 4.68 Å². The summed E-state index contributed by atoms with van der Waals surface area (Å²) in [6, 6.07) is 9.76. The fourth-order valence-corrected chi connectivity index (χ4v) is 3.08. The molecule has 0 bridgehead atoms. The van der Waals surface area contributed by atoms with Crippen molar-refractivity contribution in [3.8, 4) is 17.3 Å². The molecule has 132 valence electrons. The van der Waals surface area contributed by atoms with E-state index < -0.39 is 0 Å². The number of nitrogens with one attached hydrogen (secondary N) is 1. The second-order valence-corrected chi connectivity index (χ2v) is 6.35. The van der Waals surface area contributed by atoms with Crippen LogP contribution in [0.5, 0.6) is 0 Å². The summed E-state index contributed by atoms with van der Waals surface area (Å²) >= 11 is 0. The van der Waals surface area contributed by atoms with E-state index in [1.165, 1.54) is 0 Å². The Labute approximate surface area is 151 Å². The van der Waals surface area contributed by atoms with Crippen LogP contribution in [0.3, 0.4) is 0 Å². The Balaban J connectivity index is 1.36. The Kier molecular flexibility index (Phi) is 4.48. The van der Waals surface area contributed by atoms with Crippen LogP contribution in [0.15, 0.2) is 36.7 Å². The number of rotatable bonds is 5. The molecule has 1 aliphatic heterocycles. The van der Waals surface area contributed by atoms with E-state index in [1.54, 1.807) is 16.9 Å². The summed E-state index contributed by atoms with van der Waals surface area (Å²) in [5.74, 6) is 0. The van der Waals surface area contributed by atoms with Gasteiger partial charge in [-0.2, -0.15) is 10.4 Å². The minimum Gasteiger partial charge on any atom is -0.369 e. The first kappa shape index (κ1) is 16.4. The highest BCUT2D eigenvalue weighted by atomic mass is 16.5. The summed E-state index contributed by atoms with van der Waals surface area (Å²) in [7, 11) is 1.88. The Hall–Kier alpha value is -3.02. The lowest BCUT2D eigenvalue weighted by atomic mass is 10.1. The molecule has 3 heterocycles. The average molecular weight is 349 g/mol. The summed E-state index contributed by atoms with van der Waals surface area (Å²) in [5.41, 5.74) is 4.52. The van der Waals surface area contributed by atoms with Crippen molar-refractivity contribution in [1.82, 2.24) is 30.1 Å². The quantitative estimate of drug-likeness (QED) is 0.745. The fourth-order valence-electron chi connectivity index (χ4n) is 3.08. The number of hydrogen-bond acceptors (Lipinski definition) is 6. The number of nitriles is 1. The lowest BCUT2D eigenvalue weighted by Crippen LogP contribution is -2.36. The molecule has 1 aliphatic rings. The predicted molar refractivity (Wildman–Crippen MR) is 93.7 cm³/mol. The Morgan fingerprint density at radius 1 is 1.42 bits per heavy atom. The first-order valence-corrected chi connectivity index (χ1v) is 8.45. The Bertz CT molecular complexity index is 953. The second-order valence-electron chi connectivity index (χ2n) is 6.35. The molecule has 8 nitrogen and oxygen atoms in total. The Morgan fingerprint density at radius 2 is 2.35 bits per heavy atom. The maximum absolute atomic E-state index is 8.96. The zero-order chi connectivity index (χ0) is 17.9. The van der Waals surface area contributed by atoms with Gasteiger partial charge in [0.05, 0.1) is 42.8 Å². The van der Waals surface area contributed by atoms with E-state index >= 15 is 0 Å². The molecule has 0 saturated heterocycles. The summed E-state index contributed by atoms with van der Waals surface area (Å²) in [5, 5.41) is 25.1. The first-order valence-electron chi connectivity index (χ1n) is 8.45. The van der Waals surface area contributed by atoms with Crippen LogP contribution in [-0.4, -0.2) is 37.4 Å². The lowest BCUT2D eigenvalue weighted by molar-refractivity contribution is 0.00125.